The van der Waals surface area contributed by atoms with Crippen LogP contribution in [0.4, 0.5) is 5.13 Å². The van der Waals surface area contributed by atoms with Gasteiger partial charge >= 0.3 is 0 Å². The third kappa shape index (κ3) is 4.37. The Morgan fingerprint density at radius 3 is 2.74 bits per heavy atom. The van der Waals surface area contributed by atoms with E-state index in [1.165, 1.54) is 33.2 Å². The van der Waals surface area contributed by atoms with Crippen LogP contribution in [0.15, 0.2) is 83.4 Å². The van der Waals surface area contributed by atoms with Gasteiger partial charge in [0.05, 0.1) is 16.7 Å². The molecule has 0 unspecified atom stereocenters. The average Bonchev–Trinajstić information content (AvgIpc) is 3.48. The summed E-state index contributed by atoms with van der Waals surface area (Å²) in [5.41, 5.74) is 1.74. The van der Waals surface area contributed by atoms with E-state index in [1.54, 1.807) is 22.7 Å². The van der Waals surface area contributed by atoms with Crippen LogP contribution in [0.2, 0.25) is 0 Å². The molecule has 5 aromatic rings. The fourth-order valence-electron chi connectivity index (χ4n) is 3.65. The maximum Gasteiger partial charge on any atom is 0.263 e. The van der Waals surface area contributed by atoms with Crippen molar-refractivity contribution in [1.82, 2.24) is 24.1 Å². The van der Waals surface area contributed by atoms with Gasteiger partial charge in [0.2, 0.25) is 11.7 Å². The van der Waals surface area contributed by atoms with E-state index in [2.05, 4.69) is 39.2 Å². The summed E-state index contributed by atoms with van der Waals surface area (Å²) in [5, 5.41) is 13.0. The lowest BCUT2D eigenvalue weighted by Crippen LogP contribution is -2.22. The van der Waals surface area contributed by atoms with E-state index in [-0.39, 0.29) is 17.2 Å². The molecule has 0 aliphatic heterocycles. The maximum atomic E-state index is 12.9. The number of carbonyl (C=O) groups excluding carboxylic acids is 1. The van der Waals surface area contributed by atoms with E-state index in [9.17, 15) is 9.59 Å². The van der Waals surface area contributed by atoms with Crippen molar-refractivity contribution in [3.8, 4) is 0 Å². The van der Waals surface area contributed by atoms with Crippen molar-refractivity contribution in [2.24, 2.45) is 0 Å². The Morgan fingerprint density at radius 2 is 1.91 bits per heavy atom. The highest BCUT2D eigenvalue weighted by atomic mass is 32.2. The number of para-hydroxylation sites is 1. The Hall–Kier alpha value is -3.76. The average molecular weight is 489 g/mol. The summed E-state index contributed by atoms with van der Waals surface area (Å²) < 4.78 is 3.33. The largest absolute Gasteiger partial charge is 0.301 e. The van der Waals surface area contributed by atoms with Gasteiger partial charge in [0, 0.05) is 24.0 Å². The van der Waals surface area contributed by atoms with Crippen LogP contribution in [0, 0.1) is 0 Å². The van der Waals surface area contributed by atoms with Gasteiger partial charge in [-0.1, -0.05) is 60.3 Å². The summed E-state index contributed by atoms with van der Waals surface area (Å²) in [5.74, 6) is 0.353. The Kier molecular flexibility index (Phi) is 6.24. The molecule has 0 aliphatic carbocycles. The van der Waals surface area contributed by atoms with Crippen LogP contribution in [0.3, 0.4) is 0 Å². The van der Waals surface area contributed by atoms with Crippen LogP contribution < -0.4 is 10.9 Å². The predicted octanol–water partition coefficient (Wildman–Crippen LogP) is 4.01. The molecule has 170 valence electrons. The molecule has 8 nitrogen and oxygen atoms in total. The number of amides is 1. The molecule has 0 bridgehead atoms. The van der Waals surface area contributed by atoms with Gasteiger partial charge in [-0.05, 0) is 17.7 Å². The molecule has 0 saturated carbocycles. The molecule has 1 N–H and O–H groups in total. The van der Waals surface area contributed by atoms with Crippen molar-refractivity contribution in [2.75, 3.05) is 11.1 Å². The van der Waals surface area contributed by atoms with Gasteiger partial charge in [0.15, 0.2) is 10.3 Å². The summed E-state index contributed by atoms with van der Waals surface area (Å²) >= 11 is 2.71. The molecule has 3 aromatic heterocycles. The minimum absolute atomic E-state index is 0.128. The number of nitrogens with one attached hydrogen (secondary N) is 1. The Balaban J connectivity index is 1.33. The van der Waals surface area contributed by atoms with Crippen molar-refractivity contribution in [2.45, 2.75) is 18.1 Å². The molecule has 34 heavy (non-hydrogen) atoms. The van der Waals surface area contributed by atoms with E-state index >= 15 is 0 Å². The SMILES string of the molecule is C=CCn1c(=O)c2ccccc2n2c(SCC(=O)Nc3ncc(Cc4ccccc4)s3)nnc12. The summed E-state index contributed by atoms with van der Waals surface area (Å²) in [6, 6.07) is 17.4. The number of thioether (sulfide) groups is 1. The van der Waals surface area contributed by atoms with Crippen molar-refractivity contribution in [3.63, 3.8) is 0 Å². The Bertz CT molecular complexity index is 1550. The minimum atomic E-state index is -0.189. The Morgan fingerprint density at radius 1 is 1.12 bits per heavy atom. The highest BCUT2D eigenvalue weighted by Gasteiger charge is 2.17. The van der Waals surface area contributed by atoms with Crippen LogP contribution in [0.5, 0.6) is 0 Å². The van der Waals surface area contributed by atoms with E-state index in [1.807, 2.05) is 36.4 Å². The van der Waals surface area contributed by atoms with Crippen molar-refractivity contribution < 1.29 is 4.79 Å². The molecular formula is C24H20N6O2S2. The Labute approximate surface area is 203 Å². The van der Waals surface area contributed by atoms with Gasteiger partial charge in [-0.3, -0.25) is 18.6 Å². The first-order chi connectivity index (χ1) is 16.6. The number of hydrogen-bond acceptors (Lipinski definition) is 7. The fourth-order valence-corrected chi connectivity index (χ4v) is 5.25. The van der Waals surface area contributed by atoms with Crippen LogP contribution in [-0.4, -0.2) is 35.8 Å². The molecule has 1 amide bonds. The number of carbonyl (C=O) groups is 1. The zero-order valence-electron chi connectivity index (χ0n) is 18.0. The number of anilines is 1. The summed E-state index contributed by atoms with van der Waals surface area (Å²) in [4.78, 5) is 30.9. The molecule has 0 radical (unpaired) electrons. The van der Waals surface area contributed by atoms with Gasteiger partial charge in [0.1, 0.15) is 0 Å². The van der Waals surface area contributed by atoms with E-state index in [0.29, 0.717) is 33.5 Å². The lowest BCUT2D eigenvalue weighted by molar-refractivity contribution is -0.113. The zero-order valence-corrected chi connectivity index (χ0v) is 19.7. The first-order valence-corrected chi connectivity index (χ1v) is 12.3. The van der Waals surface area contributed by atoms with Gasteiger partial charge < -0.3 is 5.32 Å². The number of nitrogens with zero attached hydrogens (tertiary/aromatic N) is 5. The van der Waals surface area contributed by atoms with Gasteiger partial charge in [0.25, 0.3) is 5.56 Å². The number of aromatic nitrogens is 5. The number of benzene rings is 2. The molecule has 0 spiro atoms. The molecule has 10 heteroatoms. The lowest BCUT2D eigenvalue weighted by atomic mass is 10.1. The number of fused-ring (bicyclic) bond motifs is 3. The smallest absolute Gasteiger partial charge is 0.263 e. The van der Waals surface area contributed by atoms with Gasteiger partial charge in [-0.2, -0.15) is 0 Å². The first-order valence-electron chi connectivity index (χ1n) is 10.5. The quantitative estimate of drug-likeness (QED) is 0.262. The lowest BCUT2D eigenvalue weighted by Gasteiger charge is -2.09. The van der Waals surface area contributed by atoms with Crippen LogP contribution in [-0.2, 0) is 17.8 Å². The number of allylic oxidation sites excluding steroid dienone is 1. The summed E-state index contributed by atoms with van der Waals surface area (Å²) in [6.07, 6.45) is 4.21. The molecule has 5 rings (SSSR count). The number of hydrogen-bond donors (Lipinski definition) is 1. The van der Waals surface area contributed by atoms with Crippen LogP contribution in [0.25, 0.3) is 16.7 Å². The van der Waals surface area contributed by atoms with Crippen molar-refractivity contribution >= 4 is 50.8 Å². The molecule has 0 aliphatic rings. The third-order valence-corrected chi connectivity index (χ3v) is 6.99. The molecule has 0 saturated heterocycles. The normalized spacial score (nSPS) is 11.2. The fraction of sp³-hybridized carbons (Fsp3) is 0.125. The molecule has 2 aromatic carbocycles. The standard InChI is InChI=1S/C24H20N6O2S2/c1-2-12-29-21(32)18-10-6-7-11-19(18)30-23(29)27-28-24(30)33-15-20(31)26-22-25-14-17(34-22)13-16-8-4-3-5-9-16/h2-11,14H,1,12-13,15H2,(H,25,26,31). The monoisotopic (exact) mass is 488 g/mol. The molecular weight excluding hydrogens is 468 g/mol. The van der Waals surface area contributed by atoms with Crippen LogP contribution >= 0.6 is 23.1 Å². The van der Waals surface area contributed by atoms with Crippen molar-refractivity contribution in [1.29, 1.82) is 0 Å². The second kappa shape index (κ2) is 9.62. The van der Waals surface area contributed by atoms with Crippen molar-refractivity contribution in [3.05, 3.63) is 94.2 Å². The summed E-state index contributed by atoms with van der Waals surface area (Å²) in [7, 11) is 0. The van der Waals surface area contributed by atoms with E-state index < -0.39 is 0 Å². The summed E-state index contributed by atoms with van der Waals surface area (Å²) in [6.45, 7) is 4.05. The second-order valence-corrected chi connectivity index (χ2v) is 9.53. The minimum Gasteiger partial charge on any atom is -0.301 e. The van der Waals surface area contributed by atoms with Gasteiger partial charge in [-0.25, -0.2) is 4.98 Å². The van der Waals surface area contributed by atoms with Gasteiger partial charge in [-0.15, -0.1) is 28.1 Å². The number of thiazole rings is 1. The number of rotatable bonds is 8. The van der Waals surface area contributed by atoms with E-state index in [4.69, 9.17) is 0 Å². The third-order valence-electron chi connectivity index (χ3n) is 5.14. The maximum absolute atomic E-state index is 12.9. The molecule has 0 atom stereocenters. The zero-order chi connectivity index (χ0) is 23.5. The molecule has 0 fully saturated rings. The van der Waals surface area contributed by atoms with E-state index in [0.717, 1.165) is 11.3 Å². The predicted molar refractivity (Wildman–Crippen MR) is 136 cm³/mol. The van der Waals surface area contributed by atoms with Crippen LogP contribution in [0.1, 0.15) is 10.4 Å². The first kappa shape index (κ1) is 22.1. The highest BCUT2D eigenvalue weighted by Crippen LogP contribution is 2.24. The highest BCUT2D eigenvalue weighted by molar-refractivity contribution is 7.99. The second-order valence-electron chi connectivity index (χ2n) is 7.47. The molecule has 3 heterocycles. The topological polar surface area (TPSA) is 94.2 Å².